The molecule has 1 aliphatic heterocycles. The maximum atomic E-state index is 13.9. The van der Waals surface area contributed by atoms with Gasteiger partial charge in [-0.25, -0.2) is 4.39 Å². The molecule has 1 N–H and O–H groups in total. The molecule has 0 radical (unpaired) electrons. The lowest BCUT2D eigenvalue weighted by Crippen LogP contribution is -2.27. The number of nitrogens with zero attached hydrogens (tertiary/aromatic N) is 1. The van der Waals surface area contributed by atoms with E-state index in [1.807, 2.05) is 19.1 Å². The van der Waals surface area contributed by atoms with Crippen molar-refractivity contribution >= 4 is 5.69 Å². The van der Waals surface area contributed by atoms with Crippen molar-refractivity contribution in [3.05, 3.63) is 29.6 Å². The van der Waals surface area contributed by atoms with Gasteiger partial charge in [0.05, 0.1) is 5.69 Å². The standard InChI is InChI=1S/C15H23FN2/c1-3-7-17-10-13-6-8-18(11-13)15-5-4-12(2)9-14(15)16/h4-5,9,13,17H,3,6-8,10-11H2,1-2H3. The molecule has 1 fully saturated rings. The van der Waals surface area contributed by atoms with E-state index in [-0.39, 0.29) is 5.82 Å². The zero-order chi connectivity index (χ0) is 13.0. The number of halogens is 1. The Morgan fingerprint density at radius 1 is 1.44 bits per heavy atom. The van der Waals surface area contributed by atoms with Crippen LogP contribution < -0.4 is 10.2 Å². The van der Waals surface area contributed by atoms with Crippen LogP contribution in [0.15, 0.2) is 18.2 Å². The van der Waals surface area contributed by atoms with Gasteiger partial charge in [0.2, 0.25) is 0 Å². The molecule has 2 rings (SSSR count). The van der Waals surface area contributed by atoms with Gasteiger partial charge in [0.25, 0.3) is 0 Å². The zero-order valence-electron chi connectivity index (χ0n) is 11.4. The van der Waals surface area contributed by atoms with Crippen LogP contribution in [0, 0.1) is 18.7 Å². The van der Waals surface area contributed by atoms with Crippen LogP contribution in [-0.2, 0) is 0 Å². The van der Waals surface area contributed by atoms with Gasteiger partial charge in [0, 0.05) is 13.1 Å². The molecule has 1 saturated heterocycles. The van der Waals surface area contributed by atoms with E-state index in [9.17, 15) is 4.39 Å². The SMILES string of the molecule is CCCNCC1CCN(c2ccc(C)cc2F)C1. The van der Waals surface area contributed by atoms with E-state index in [0.29, 0.717) is 5.92 Å². The Bertz CT molecular complexity index is 392. The lowest BCUT2D eigenvalue weighted by atomic mass is 10.1. The normalized spacial score (nSPS) is 19.5. The molecule has 3 heteroatoms. The lowest BCUT2D eigenvalue weighted by Gasteiger charge is -2.19. The van der Waals surface area contributed by atoms with Gasteiger partial charge in [0.1, 0.15) is 5.82 Å². The summed E-state index contributed by atoms with van der Waals surface area (Å²) in [4.78, 5) is 2.17. The summed E-state index contributed by atoms with van der Waals surface area (Å²) >= 11 is 0. The minimum atomic E-state index is -0.0860. The molecule has 100 valence electrons. The van der Waals surface area contributed by atoms with Gasteiger partial charge < -0.3 is 10.2 Å². The molecule has 1 heterocycles. The second-order valence-corrected chi connectivity index (χ2v) is 5.26. The third-order valence-corrected chi connectivity index (χ3v) is 3.59. The molecule has 1 unspecified atom stereocenters. The number of nitrogens with one attached hydrogen (secondary N) is 1. The second kappa shape index (κ2) is 6.19. The maximum Gasteiger partial charge on any atom is 0.146 e. The van der Waals surface area contributed by atoms with E-state index in [4.69, 9.17) is 0 Å². The first-order valence-corrected chi connectivity index (χ1v) is 6.92. The molecule has 0 bridgehead atoms. The van der Waals surface area contributed by atoms with Gasteiger partial charge in [0.15, 0.2) is 0 Å². The second-order valence-electron chi connectivity index (χ2n) is 5.26. The van der Waals surface area contributed by atoms with Gasteiger partial charge in [-0.15, -0.1) is 0 Å². The molecule has 1 atom stereocenters. The van der Waals surface area contributed by atoms with Crippen molar-refractivity contribution in [3.63, 3.8) is 0 Å². The molecule has 0 amide bonds. The largest absolute Gasteiger partial charge is 0.369 e. The number of anilines is 1. The van der Waals surface area contributed by atoms with Crippen LogP contribution >= 0.6 is 0 Å². The van der Waals surface area contributed by atoms with Gasteiger partial charge in [-0.3, -0.25) is 0 Å². The summed E-state index contributed by atoms with van der Waals surface area (Å²) in [5, 5.41) is 3.45. The first kappa shape index (κ1) is 13.3. The molecule has 2 nitrogen and oxygen atoms in total. The van der Waals surface area contributed by atoms with Crippen LogP contribution in [-0.4, -0.2) is 26.2 Å². The highest BCUT2D eigenvalue weighted by atomic mass is 19.1. The molecular weight excluding hydrogens is 227 g/mol. The minimum absolute atomic E-state index is 0.0860. The summed E-state index contributed by atoms with van der Waals surface area (Å²) in [6.07, 6.45) is 2.33. The highest BCUT2D eigenvalue weighted by Gasteiger charge is 2.23. The molecule has 1 aromatic carbocycles. The molecule has 0 aliphatic carbocycles. The van der Waals surface area contributed by atoms with Crippen molar-refractivity contribution in [2.75, 3.05) is 31.1 Å². The monoisotopic (exact) mass is 250 g/mol. The number of hydrogen-bond acceptors (Lipinski definition) is 2. The highest BCUT2D eigenvalue weighted by Crippen LogP contribution is 2.26. The van der Waals surface area contributed by atoms with E-state index < -0.39 is 0 Å². The fraction of sp³-hybridized carbons (Fsp3) is 0.600. The van der Waals surface area contributed by atoms with Crippen molar-refractivity contribution in [1.82, 2.24) is 5.32 Å². The van der Waals surface area contributed by atoms with Crippen molar-refractivity contribution in [1.29, 1.82) is 0 Å². The summed E-state index contributed by atoms with van der Waals surface area (Å²) in [5.41, 5.74) is 1.75. The molecule has 0 spiro atoms. The van der Waals surface area contributed by atoms with Crippen LogP contribution in [0.5, 0.6) is 0 Å². The Morgan fingerprint density at radius 3 is 3.00 bits per heavy atom. The third-order valence-electron chi connectivity index (χ3n) is 3.59. The van der Waals surface area contributed by atoms with E-state index in [1.165, 1.54) is 6.42 Å². The van der Waals surface area contributed by atoms with E-state index >= 15 is 0 Å². The van der Waals surface area contributed by atoms with Crippen LogP contribution in [0.1, 0.15) is 25.3 Å². The number of benzene rings is 1. The van der Waals surface area contributed by atoms with Crippen LogP contribution in [0.3, 0.4) is 0 Å². The smallest absolute Gasteiger partial charge is 0.146 e. The summed E-state index contributed by atoms with van der Waals surface area (Å²) in [6, 6.07) is 5.52. The molecule has 18 heavy (non-hydrogen) atoms. The van der Waals surface area contributed by atoms with E-state index in [0.717, 1.165) is 43.9 Å². The predicted molar refractivity (Wildman–Crippen MR) is 74.6 cm³/mol. The Balaban J connectivity index is 1.91. The Kier molecular flexibility index (Phi) is 4.59. The Hall–Kier alpha value is -1.09. The maximum absolute atomic E-state index is 13.9. The molecule has 0 saturated carbocycles. The zero-order valence-corrected chi connectivity index (χ0v) is 11.4. The molecular formula is C15H23FN2. The quantitative estimate of drug-likeness (QED) is 0.808. The van der Waals surface area contributed by atoms with Crippen LogP contribution in [0.25, 0.3) is 0 Å². The molecule has 0 aromatic heterocycles. The van der Waals surface area contributed by atoms with E-state index in [1.54, 1.807) is 6.07 Å². The van der Waals surface area contributed by atoms with E-state index in [2.05, 4.69) is 17.1 Å². The van der Waals surface area contributed by atoms with Gasteiger partial charge in [-0.2, -0.15) is 0 Å². The Labute approximate surface area is 109 Å². The minimum Gasteiger partial charge on any atom is -0.369 e. The first-order chi connectivity index (χ1) is 8.70. The summed E-state index contributed by atoms with van der Waals surface area (Å²) in [5.74, 6) is 0.564. The number of hydrogen-bond donors (Lipinski definition) is 1. The van der Waals surface area contributed by atoms with Crippen molar-refractivity contribution in [3.8, 4) is 0 Å². The lowest BCUT2D eigenvalue weighted by molar-refractivity contribution is 0.515. The first-order valence-electron chi connectivity index (χ1n) is 6.92. The highest BCUT2D eigenvalue weighted by molar-refractivity contribution is 5.49. The molecule has 1 aliphatic rings. The fourth-order valence-corrected chi connectivity index (χ4v) is 2.57. The van der Waals surface area contributed by atoms with Crippen molar-refractivity contribution < 1.29 is 4.39 Å². The topological polar surface area (TPSA) is 15.3 Å². The van der Waals surface area contributed by atoms with Crippen molar-refractivity contribution in [2.24, 2.45) is 5.92 Å². The van der Waals surface area contributed by atoms with Crippen LogP contribution in [0.2, 0.25) is 0 Å². The predicted octanol–water partition coefficient (Wildman–Crippen LogP) is 2.96. The summed E-state index contributed by atoms with van der Waals surface area (Å²) < 4.78 is 13.9. The number of aryl methyl sites for hydroxylation is 1. The number of rotatable bonds is 5. The average molecular weight is 250 g/mol. The fourth-order valence-electron chi connectivity index (χ4n) is 2.57. The third kappa shape index (κ3) is 3.22. The summed E-state index contributed by atoms with van der Waals surface area (Å²) in [6.45, 7) is 8.17. The van der Waals surface area contributed by atoms with Gasteiger partial charge >= 0.3 is 0 Å². The summed E-state index contributed by atoms with van der Waals surface area (Å²) in [7, 11) is 0. The van der Waals surface area contributed by atoms with Gasteiger partial charge in [-0.1, -0.05) is 13.0 Å². The van der Waals surface area contributed by atoms with Crippen LogP contribution in [0.4, 0.5) is 10.1 Å². The molecule has 1 aromatic rings. The average Bonchev–Trinajstić information content (AvgIpc) is 2.78. The Morgan fingerprint density at radius 2 is 2.28 bits per heavy atom. The van der Waals surface area contributed by atoms with Gasteiger partial charge in [-0.05, 0) is 56.5 Å². The van der Waals surface area contributed by atoms with Crippen molar-refractivity contribution in [2.45, 2.75) is 26.7 Å².